The third kappa shape index (κ3) is 4.79. The average Bonchev–Trinajstić information content (AvgIpc) is 3.84. The number of fused-ring (bicyclic) bond motifs is 2. The Hall–Kier alpha value is -4.38. The van der Waals surface area contributed by atoms with E-state index >= 15 is 0 Å². The highest BCUT2D eigenvalue weighted by Gasteiger charge is 2.54. The minimum atomic E-state index is -4.50. The van der Waals surface area contributed by atoms with E-state index in [2.05, 4.69) is 21.1 Å². The van der Waals surface area contributed by atoms with Crippen LogP contribution in [0.15, 0.2) is 59.1 Å². The Labute approximate surface area is 250 Å². The zero-order valence-corrected chi connectivity index (χ0v) is 23.5. The number of rotatable bonds is 8. The molecule has 2 saturated heterocycles. The SMILES string of the molecule is O=C(O)c1cc(OC2COC2)c2cc(N3CC4C(C=Cc5c(-c6ccccc6C(F)(F)F)noc5C5CC5)C4C3)ccc2n1. The van der Waals surface area contributed by atoms with E-state index in [1.54, 1.807) is 6.07 Å². The van der Waals surface area contributed by atoms with E-state index in [0.717, 1.165) is 43.1 Å². The minimum absolute atomic E-state index is 0.0342. The first-order valence-electron chi connectivity index (χ1n) is 14.8. The highest BCUT2D eigenvalue weighted by molar-refractivity contribution is 5.94. The summed E-state index contributed by atoms with van der Waals surface area (Å²) in [6.45, 7) is 2.59. The molecule has 1 N–H and O–H groups in total. The van der Waals surface area contributed by atoms with Gasteiger partial charge in [-0.3, -0.25) is 0 Å². The summed E-state index contributed by atoms with van der Waals surface area (Å²) in [6.07, 6.45) is 1.32. The molecule has 11 heteroatoms. The quantitative estimate of drug-likeness (QED) is 0.239. The molecule has 0 radical (unpaired) electrons. The van der Waals surface area contributed by atoms with Crippen LogP contribution in [0.1, 0.15) is 46.1 Å². The Morgan fingerprint density at radius 3 is 2.52 bits per heavy atom. The standard InChI is InChI=1S/C33H28F3N3O5/c34-33(35,36)26-4-2-1-3-21(26)30-22(31(44-38-30)17-5-6-17)9-8-20-24-13-39(14-25(20)24)18-7-10-27-23(11-18)29(43-19-15-42-16-19)12-28(37-27)32(40)41/h1-4,7-12,17,19-20,24-25H,5-6,13-16H2,(H,40,41). The number of ether oxygens (including phenoxy) is 2. The number of alkyl halides is 3. The molecular weight excluding hydrogens is 575 g/mol. The number of hydrogen-bond donors (Lipinski definition) is 1. The summed E-state index contributed by atoms with van der Waals surface area (Å²) in [5.74, 6) is 1.40. The molecule has 8 nitrogen and oxygen atoms in total. The van der Waals surface area contributed by atoms with E-state index in [0.29, 0.717) is 53.6 Å². The molecule has 2 aliphatic carbocycles. The van der Waals surface area contributed by atoms with Gasteiger partial charge in [0.25, 0.3) is 0 Å². The number of halogens is 3. The van der Waals surface area contributed by atoms with Crippen molar-refractivity contribution in [2.75, 3.05) is 31.2 Å². The lowest BCUT2D eigenvalue weighted by Gasteiger charge is -2.28. The second-order valence-corrected chi connectivity index (χ2v) is 12.1. The van der Waals surface area contributed by atoms with Crippen LogP contribution in [0.3, 0.4) is 0 Å². The molecule has 0 spiro atoms. The van der Waals surface area contributed by atoms with Crippen LogP contribution in [0.4, 0.5) is 18.9 Å². The fourth-order valence-electron chi connectivity index (χ4n) is 6.57. The Morgan fingerprint density at radius 2 is 1.84 bits per heavy atom. The van der Waals surface area contributed by atoms with Crippen molar-refractivity contribution < 1.29 is 37.1 Å². The van der Waals surface area contributed by atoms with Crippen molar-refractivity contribution in [3.8, 4) is 17.0 Å². The predicted molar refractivity (Wildman–Crippen MR) is 155 cm³/mol. The number of allylic oxidation sites excluding steroid dienone is 1. The monoisotopic (exact) mass is 603 g/mol. The average molecular weight is 604 g/mol. The van der Waals surface area contributed by atoms with E-state index < -0.39 is 17.7 Å². The van der Waals surface area contributed by atoms with Gasteiger partial charge in [0.1, 0.15) is 23.3 Å². The lowest BCUT2D eigenvalue weighted by Crippen LogP contribution is -2.38. The van der Waals surface area contributed by atoms with Crippen molar-refractivity contribution in [2.45, 2.75) is 31.0 Å². The summed E-state index contributed by atoms with van der Waals surface area (Å²) in [5.41, 5.74) is 1.70. The molecule has 226 valence electrons. The number of hydrogen-bond acceptors (Lipinski definition) is 7. The molecule has 2 aromatic heterocycles. The zero-order valence-electron chi connectivity index (χ0n) is 23.5. The molecule has 4 heterocycles. The maximum absolute atomic E-state index is 13.8. The number of nitrogens with zero attached hydrogens (tertiary/aromatic N) is 3. The van der Waals surface area contributed by atoms with Gasteiger partial charge < -0.3 is 24.0 Å². The maximum atomic E-state index is 13.8. The normalized spacial score (nSPS) is 23.2. The first kappa shape index (κ1) is 27.2. The first-order chi connectivity index (χ1) is 21.2. The van der Waals surface area contributed by atoms with Crippen LogP contribution in [0.2, 0.25) is 0 Å². The van der Waals surface area contributed by atoms with Crippen molar-refractivity contribution >= 4 is 28.6 Å². The molecule has 4 fully saturated rings. The number of carboxylic acids is 1. The van der Waals surface area contributed by atoms with E-state index in [1.807, 2.05) is 24.3 Å². The number of piperidine rings is 1. The molecule has 2 aromatic carbocycles. The maximum Gasteiger partial charge on any atom is 0.417 e. The molecule has 8 rings (SSSR count). The molecule has 2 aliphatic heterocycles. The van der Waals surface area contributed by atoms with E-state index in [4.69, 9.17) is 14.0 Å². The van der Waals surface area contributed by atoms with Crippen molar-refractivity contribution in [1.82, 2.24) is 10.1 Å². The van der Waals surface area contributed by atoms with Gasteiger partial charge in [0, 0.05) is 47.3 Å². The predicted octanol–water partition coefficient (Wildman–Crippen LogP) is 6.66. The van der Waals surface area contributed by atoms with Gasteiger partial charge in [-0.05, 0) is 54.9 Å². The largest absolute Gasteiger partial charge is 0.485 e. The first-order valence-corrected chi connectivity index (χ1v) is 14.8. The molecule has 44 heavy (non-hydrogen) atoms. The number of pyridine rings is 1. The molecule has 2 atom stereocenters. The van der Waals surface area contributed by atoms with Crippen LogP contribution < -0.4 is 9.64 Å². The number of aromatic carboxylic acids is 1. The number of carbonyl (C=O) groups is 1. The van der Waals surface area contributed by atoms with E-state index in [-0.39, 0.29) is 29.0 Å². The number of aromatic nitrogens is 2. The molecule has 4 aromatic rings. The summed E-state index contributed by atoms with van der Waals surface area (Å²) in [6, 6.07) is 12.8. The van der Waals surface area contributed by atoms with Crippen LogP contribution in [-0.4, -0.2) is 53.6 Å². The Kier molecular flexibility index (Phi) is 6.23. The summed E-state index contributed by atoms with van der Waals surface area (Å²) >= 11 is 0. The van der Waals surface area contributed by atoms with Crippen molar-refractivity contribution in [3.63, 3.8) is 0 Å². The molecule has 0 amide bonds. The van der Waals surface area contributed by atoms with Gasteiger partial charge in [-0.1, -0.05) is 35.5 Å². The van der Waals surface area contributed by atoms with Gasteiger partial charge in [0.15, 0.2) is 5.69 Å². The Morgan fingerprint density at radius 1 is 1.07 bits per heavy atom. The highest BCUT2D eigenvalue weighted by Crippen LogP contribution is 2.54. The van der Waals surface area contributed by atoms with Gasteiger partial charge in [-0.15, -0.1) is 0 Å². The summed E-state index contributed by atoms with van der Waals surface area (Å²) in [7, 11) is 0. The lowest BCUT2D eigenvalue weighted by atomic mass is 9.98. The summed E-state index contributed by atoms with van der Waals surface area (Å²) in [4.78, 5) is 18.2. The molecular formula is C33H28F3N3O5. The summed E-state index contributed by atoms with van der Waals surface area (Å²) < 4.78 is 58.3. The third-order valence-corrected chi connectivity index (χ3v) is 9.18. The molecule has 2 unspecified atom stereocenters. The van der Waals surface area contributed by atoms with Crippen LogP contribution in [0, 0.1) is 17.8 Å². The van der Waals surface area contributed by atoms with Gasteiger partial charge in [0.05, 0.1) is 24.3 Å². The van der Waals surface area contributed by atoms with Gasteiger partial charge in [-0.25, -0.2) is 9.78 Å². The van der Waals surface area contributed by atoms with Gasteiger partial charge in [-0.2, -0.15) is 13.2 Å². The van der Waals surface area contributed by atoms with Crippen molar-refractivity contribution in [1.29, 1.82) is 0 Å². The molecule has 0 bridgehead atoms. The number of anilines is 1. The van der Waals surface area contributed by atoms with E-state index in [1.165, 1.54) is 18.2 Å². The van der Waals surface area contributed by atoms with Crippen LogP contribution in [-0.2, 0) is 10.9 Å². The van der Waals surface area contributed by atoms with Crippen LogP contribution in [0.25, 0.3) is 28.2 Å². The van der Waals surface area contributed by atoms with Crippen LogP contribution >= 0.6 is 0 Å². The number of carboxylic acid groups (broad SMARTS) is 1. The fourth-order valence-corrected chi connectivity index (χ4v) is 6.57. The number of benzene rings is 2. The lowest BCUT2D eigenvalue weighted by molar-refractivity contribution is -0.137. The molecule has 2 saturated carbocycles. The smallest absolute Gasteiger partial charge is 0.417 e. The van der Waals surface area contributed by atoms with Crippen molar-refractivity contribution in [2.24, 2.45) is 17.8 Å². The zero-order chi connectivity index (χ0) is 30.2. The van der Waals surface area contributed by atoms with Crippen LogP contribution in [0.5, 0.6) is 5.75 Å². The fraction of sp³-hybridized carbons (Fsp3) is 0.364. The summed E-state index contributed by atoms with van der Waals surface area (Å²) in [5, 5.41) is 14.4. The second-order valence-electron chi connectivity index (χ2n) is 12.1. The van der Waals surface area contributed by atoms with Crippen molar-refractivity contribution in [3.05, 3.63) is 77.2 Å². The van der Waals surface area contributed by atoms with Gasteiger partial charge >= 0.3 is 12.1 Å². The highest BCUT2D eigenvalue weighted by atomic mass is 19.4. The minimum Gasteiger partial charge on any atom is -0.485 e. The third-order valence-electron chi connectivity index (χ3n) is 9.18. The molecule has 4 aliphatic rings. The Bertz CT molecular complexity index is 1800. The second kappa shape index (κ2) is 10.1. The van der Waals surface area contributed by atoms with Gasteiger partial charge in [0.2, 0.25) is 0 Å². The Balaban J connectivity index is 1.02. The van der Waals surface area contributed by atoms with E-state index in [9.17, 15) is 23.1 Å². The topological polar surface area (TPSA) is 97.9 Å².